The van der Waals surface area contributed by atoms with E-state index < -0.39 is 5.60 Å². The zero-order valence-corrected chi connectivity index (χ0v) is 12.1. The van der Waals surface area contributed by atoms with Crippen molar-refractivity contribution in [1.29, 1.82) is 0 Å². The molecule has 0 fully saturated rings. The molecule has 110 valence electrons. The molecule has 2 N–H and O–H groups in total. The minimum Gasteiger partial charge on any atom is -0.460 e. The van der Waals surface area contributed by atoms with Crippen LogP contribution in [0.1, 0.15) is 39.2 Å². The molecule has 0 aliphatic carbocycles. The first kappa shape index (κ1) is 16.2. The minimum atomic E-state index is -0.534. The van der Waals surface area contributed by atoms with Crippen molar-refractivity contribution in [3.63, 3.8) is 0 Å². The predicted octanol–water partition coefficient (Wildman–Crippen LogP) is 2.24. The molecule has 5 nitrogen and oxygen atoms in total. The smallest absolute Gasteiger partial charge is 0.306 e. The Morgan fingerprint density at radius 3 is 2.25 bits per heavy atom. The number of rotatable bonds is 5. The summed E-state index contributed by atoms with van der Waals surface area (Å²) in [5, 5.41) is 11.6. The van der Waals surface area contributed by atoms with Gasteiger partial charge in [-0.3, -0.25) is 9.59 Å². The van der Waals surface area contributed by atoms with Crippen molar-refractivity contribution >= 4 is 17.6 Å². The lowest BCUT2D eigenvalue weighted by Crippen LogP contribution is -2.24. The molecular formula is C15H21NO4. The molecular weight excluding hydrogens is 258 g/mol. The molecule has 0 heterocycles. The van der Waals surface area contributed by atoms with Gasteiger partial charge in [0.05, 0.1) is 13.0 Å². The van der Waals surface area contributed by atoms with Crippen molar-refractivity contribution in [3.8, 4) is 0 Å². The Labute approximate surface area is 118 Å². The Balaban J connectivity index is 2.38. The average molecular weight is 279 g/mol. The van der Waals surface area contributed by atoms with E-state index in [1.165, 1.54) is 0 Å². The van der Waals surface area contributed by atoms with Crippen LogP contribution in [0.25, 0.3) is 0 Å². The van der Waals surface area contributed by atoms with Gasteiger partial charge < -0.3 is 15.2 Å². The first-order chi connectivity index (χ1) is 9.30. The highest BCUT2D eigenvalue weighted by molar-refractivity contribution is 5.92. The number of carbonyl (C=O) groups excluding carboxylic acids is 2. The van der Waals surface area contributed by atoms with Gasteiger partial charge in [0.15, 0.2) is 0 Å². The summed E-state index contributed by atoms with van der Waals surface area (Å²) < 4.78 is 5.12. The normalized spacial score (nSPS) is 11.0. The number of anilines is 1. The van der Waals surface area contributed by atoms with Crippen LogP contribution in [-0.2, 0) is 20.9 Å². The van der Waals surface area contributed by atoms with E-state index >= 15 is 0 Å². The maximum absolute atomic E-state index is 11.7. The molecule has 0 aromatic heterocycles. The molecule has 20 heavy (non-hydrogen) atoms. The summed E-state index contributed by atoms with van der Waals surface area (Å²) in [4.78, 5) is 23.1. The van der Waals surface area contributed by atoms with Crippen molar-refractivity contribution in [2.45, 2.75) is 45.8 Å². The maximum Gasteiger partial charge on any atom is 0.306 e. The summed E-state index contributed by atoms with van der Waals surface area (Å²) in [5.41, 5.74) is 0.876. The molecule has 0 atom stereocenters. The Hall–Kier alpha value is -1.88. The quantitative estimate of drug-likeness (QED) is 0.810. The van der Waals surface area contributed by atoms with Crippen LogP contribution in [0.4, 0.5) is 5.69 Å². The molecule has 1 aromatic carbocycles. The number of aliphatic hydroxyl groups is 1. The van der Waals surface area contributed by atoms with E-state index in [0.717, 1.165) is 5.56 Å². The zero-order chi connectivity index (χ0) is 15.2. The summed E-state index contributed by atoms with van der Waals surface area (Å²) in [6.07, 6.45) is 0.133. The second-order valence-corrected chi connectivity index (χ2v) is 5.49. The van der Waals surface area contributed by atoms with Crippen LogP contribution in [0.3, 0.4) is 0 Å². The van der Waals surface area contributed by atoms with Gasteiger partial charge in [-0.2, -0.15) is 0 Å². The van der Waals surface area contributed by atoms with E-state index in [2.05, 4.69) is 5.32 Å². The number of benzene rings is 1. The maximum atomic E-state index is 11.7. The number of carbonyl (C=O) groups is 2. The largest absolute Gasteiger partial charge is 0.460 e. The van der Waals surface area contributed by atoms with Gasteiger partial charge in [-0.05, 0) is 38.5 Å². The molecule has 1 amide bonds. The average Bonchev–Trinajstić information content (AvgIpc) is 2.35. The molecule has 0 aliphatic rings. The third-order valence-corrected chi connectivity index (χ3v) is 2.40. The second kappa shape index (κ2) is 7.05. The van der Waals surface area contributed by atoms with Crippen LogP contribution in [0.15, 0.2) is 24.3 Å². The molecule has 0 radical (unpaired) electrons. The third-order valence-electron chi connectivity index (χ3n) is 2.40. The number of ether oxygens (including phenoxy) is 1. The van der Waals surface area contributed by atoms with E-state index in [0.29, 0.717) is 5.69 Å². The van der Waals surface area contributed by atoms with Gasteiger partial charge in [0.2, 0.25) is 5.91 Å². The molecule has 1 rings (SSSR count). The summed E-state index contributed by atoms with van der Waals surface area (Å²) in [6.45, 7) is 5.32. The van der Waals surface area contributed by atoms with Crippen LogP contribution in [0, 0.1) is 0 Å². The molecule has 5 heteroatoms. The number of esters is 1. The van der Waals surface area contributed by atoms with Crippen LogP contribution < -0.4 is 5.32 Å². The van der Waals surface area contributed by atoms with Crippen molar-refractivity contribution in [3.05, 3.63) is 29.8 Å². The third kappa shape index (κ3) is 6.33. The Kier molecular flexibility index (Phi) is 5.70. The lowest BCUT2D eigenvalue weighted by Gasteiger charge is -2.19. The lowest BCUT2D eigenvalue weighted by molar-refractivity contribution is -0.155. The highest BCUT2D eigenvalue weighted by atomic mass is 16.6. The van der Waals surface area contributed by atoms with E-state index in [1.807, 2.05) is 0 Å². The van der Waals surface area contributed by atoms with Gasteiger partial charge in [0, 0.05) is 12.1 Å². The van der Waals surface area contributed by atoms with E-state index in [-0.39, 0.29) is 31.3 Å². The first-order valence-electron chi connectivity index (χ1n) is 6.51. The van der Waals surface area contributed by atoms with Gasteiger partial charge in [-0.25, -0.2) is 0 Å². The minimum absolute atomic E-state index is 0.0349. The molecule has 0 saturated heterocycles. The van der Waals surface area contributed by atoms with E-state index in [9.17, 15) is 9.59 Å². The molecule has 0 aliphatic heterocycles. The van der Waals surface area contributed by atoms with Gasteiger partial charge in [-0.1, -0.05) is 12.1 Å². The van der Waals surface area contributed by atoms with Crippen molar-refractivity contribution < 1.29 is 19.4 Å². The van der Waals surface area contributed by atoms with E-state index in [1.54, 1.807) is 45.0 Å². The topological polar surface area (TPSA) is 75.6 Å². The molecule has 0 bridgehead atoms. The standard InChI is InChI=1S/C15H21NO4/c1-15(2,3)20-14(19)9-8-13(18)16-12-6-4-11(10-17)5-7-12/h4-7,17H,8-10H2,1-3H3,(H,16,18). The highest BCUT2D eigenvalue weighted by Gasteiger charge is 2.17. The fourth-order valence-electron chi connectivity index (χ4n) is 1.53. The predicted molar refractivity (Wildman–Crippen MR) is 76.1 cm³/mol. The Morgan fingerprint density at radius 2 is 1.75 bits per heavy atom. The van der Waals surface area contributed by atoms with E-state index in [4.69, 9.17) is 9.84 Å². The number of nitrogens with one attached hydrogen (secondary N) is 1. The van der Waals surface area contributed by atoms with Crippen molar-refractivity contribution in [1.82, 2.24) is 0 Å². The fourth-order valence-corrected chi connectivity index (χ4v) is 1.53. The Bertz CT molecular complexity index is 460. The Morgan fingerprint density at radius 1 is 1.15 bits per heavy atom. The number of hydrogen-bond acceptors (Lipinski definition) is 4. The SMILES string of the molecule is CC(C)(C)OC(=O)CCC(=O)Nc1ccc(CO)cc1. The monoisotopic (exact) mass is 279 g/mol. The number of hydrogen-bond donors (Lipinski definition) is 2. The van der Waals surface area contributed by atoms with Crippen LogP contribution in [0.2, 0.25) is 0 Å². The van der Waals surface area contributed by atoms with Crippen molar-refractivity contribution in [2.24, 2.45) is 0 Å². The fraction of sp³-hybridized carbons (Fsp3) is 0.467. The summed E-state index contributed by atoms with van der Waals surface area (Å²) >= 11 is 0. The number of amides is 1. The van der Waals surface area contributed by atoms with Gasteiger partial charge >= 0.3 is 5.97 Å². The molecule has 0 saturated carbocycles. The zero-order valence-electron chi connectivity index (χ0n) is 12.1. The lowest BCUT2D eigenvalue weighted by atomic mass is 10.2. The molecule has 0 unspecified atom stereocenters. The van der Waals surface area contributed by atoms with Crippen LogP contribution in [-0.4, -0.2) is 22.6 Å². The molecule has 1 aromatic rings. The van der Waals surface area contributed by atoms with Gasteiger partial charge in [0.25, 0.3) is 0 Å². The second-order valence-electron chi connectivity index (χ2n) is 5.49. The van der Waals surface area contributed by atoms with Crippen molar-refractivity contribution in [2.75, 3.05) is 5.32 Å². The highest BCUT2D eigenvalue weighted by Crippen LogP contribution is 2.12. The first-order valence-corrected chi connectivity index (χ1v) is 6.51. The van der Waals surface area contributed by atoms with Crippen LogP contribution >= 0.6 is 0 Å². The summed E-state index contributed by atoms with van der Waals surface area (Å²) in [6, 6.07) is 6.86. The summed E-state index contributed by atoms with van der Waals surface area (Å²) in [7, 11) is 0. The van der Waals surface area contributed by atoms with Gasteiger partial charge in [-0.15, -0.1) is 0 Å². The van der Waals surface area contributed by atoms with Gasteiger partial charge in [0.1, 0.15) is 5.60 Å². The number of aliphatic hydroxyl groups excluding tert-OH is 1. The molecule has 0 spiro atoms. The summed E-state index contributed by atoms with van der Waals surface area (Å²) in [5.74, 6) is -0.629. The van der Waals surface area contributed by atoms with Crippen LogP contribution in [0.5, 0.6) is 0 Å².